The van der Waals surface area contributed by atoms with E-state index in [4.69, 9.17) is 5.11 Å². The molecule has 0 radical (unpaired) electrons. The molecule has 0 bridgehead atoms. The standard InChI is InChI=1S/C42H36N2.C12H15N.CH4O/c1-3-11-33-17-25-39(26-18-33)43(37-13-7-5-8-14-37)41-29-21-35(22-30-41)36-23-31-42(32-24-36)44(38-15-9-6-10-16-38)40-27-19-34(12-4-2)20-28-40;1-4-8-11(2)13(3)12-9-6-5-7-10-12;1-2/h3-10,13-32H,1-2,11-12H2;4-10H,2H2,1,3H3;2H,1H3/b;8-4-;. The van der Waals surface area contributed by atoms with E-state index >= 15 is 0 Å². The molecule has 7 aromatic rings. The van der Waals surface area contributed by atoms with Gasteiger partial charge in [0.15, 0.2) is 0 Å². The Hall–Kier alpha value is -7.14. The van der Waals surface area contributed by atoms with Crippen LogP contribution in [0, 0.1) is 0 Å². The molecular weight excluding hydrogens is 719 g/mol. The lowest BCUT2D eigenvalue weighted by Crippen LogP contribution is -2.13. The van der Waals surface area contributed by atoms with Crippen molar-refractivity contribution in [1.29, 1.82) is 0 Å². The van der Waals surface area contributed by atoms with Gasteiger partial charge < -0.3 is 19.8 Å². The van der Waals surface area contributed by atoms with Gasteiger partial charge in [0, 0.05) is 59.7 Å². The van der Waals surface area contributed by atoms with Gasteiger partial charge in [-0.15, -0.1) is 13.2 Å². The Bertz CT molecular complexity index is 2200. The van der Waals surface area contributed by atoms with Crippen molar-refractivity contribution < 1.29 is 5.11 Å². The quantitative estimate of drug-likeness (QED) is 0.0881. The summed E-state index contributed by atoms with van der Waals surface area (Å²) in [5, 5.41) is 7.00. The van der Waals surface area contributed by atoms with E-state index in [1.54, 1.807) is 0 Å². The van der Waals surface area contributed by atoms with Crippen LogP contribution in [0.15, 0.2) is 238 Å². The van der Waals surface area contributed by atoms with Crippen LogP contribution in [0.5, 0.6) is 0 Å². The number of aliphatic hydroxyl groups excluding tert-OH is 1. The van der Waals surface area contributed by atoms with Crippen LogP contribution in [0.3, 0.4) is 0 Å². The molecule has 0 saturated heterocycles. The minimum atomic E-state index is 0.865. The number of hydrogen-bond acceptors (Lipinski definition) is 4. The molecule has 1 N–H and O–H groups in total. The second-order valence-corrected chi connectivity index (χ2v) is 13.6. The molecule has 0 aliphatic rings. The number of rotatable bonds is 14. The van der Waals surface area contributed by atoms with Crippen molar-refractivity contribution in [1.82, 2.24) is 0 Å². The van der Waals surface area contributed by atoms with Gasteiger partial charge in [-0.25, -0.2) is 0 Å². The van der Waals surface area contributed by atoms with Gasteiger partial charge in [-0.2, -0.15) is 0 Å². The van der Waals surface area contributed by atoms with Gasteiger partial charge in [-0.05, 0) is 133 Å². The Morgan fingerprint density at radius 3 is 1.03 bits per heavy atom. The number of nitrogens with zero attached hydrogens (tertiary/aromatic N) is 3. The third-order valence-corrected chi connectivity index (χ3v) is 9.70. The van der Waals surface area contributed by atoms with Crippen molar-refractivity contribution in [2.24, 2.45) is 0 Å². The fourth-order valence-corrected chi connectivity index (χ4v) is 6.67. The van der Waals surface area contributed by atoms with E-state index in [9.17, 15) is 0 Å². The highest BCUT2D eigenvalue weighted by atomic mass is 16.2. The van der Waals surface area contributed by atoms with E-state index in [-0.39, 0.29) is 0 Å². The van der Waals surface area contributed by atoms with E-state index in [2.05, 4.69) is 204 Å². The predicted molar refractivity (Wildman–Crippen MR) is 256 cm³/mol. The van der Waals surface area contributed by atoms with E-state index in [1.807, 2.05) is 56.5 Å². The van der Waals surface area contributed by atoms with Crippen LogP contribution in [0.25, 0.3) is 11.1 Å². The molecule has 0 aliphatic heterocycles. The Balaban J connectivity index is 0.000000375. The van der Waals surface area contributed by atoms with Crippen molar-refractivity contribution in [2.45, 2.75) is 19.8 Å². The van der Waals surface area contributed by atoms with Crippen LogP contribution < -0.4 is 14.7 Å². The largest absolute Gasteiger partial charge is 0.400 e. The average Bonchev–Trinajstić information content (AvgIpc) is 3.30. The van der Waals surface area contributed by atoms with E-state index in [0.29, 0.717) is 0 Å². The van der Waals surface area contributed by atoms with Crippen molar-refractivity contribution >= 4 is 39.8 Å². The third-order valence-electron chi connectivity index (χ3n) is 9.70. The molecule has 0 amide bonds. The molecule has 0 unspecified atom stereocenters. The molecule has 4 nitrogen and oxygen atoms in total. The van der Waals surface area contributed by atoms with Crippen molar-refractivity contribution in [3.63, 3.8) is 0 Å². The average molecular weight is 774 g/mol. The zero-order valence-electron chi connectivity index (χ0n) is 34.5. The van der Waals surface area contributed by atoms with Crippen molar-refractivity contribution in [3.8, 4) is 11.1 Å². The summed E-state index contributed by atoms with van der Waals surface area (Å²) in [6.07, 6.45) is 9.59. The first-order chi connectivity index (χ1) is 29.0. The lowest BCUT2D eigenvalue weighted by molar-refractivity contribution is 0.399. The third kappa shape index (κ3) is 11.7. The van der Waals surface area contributed by atoms with E-state index in [0.717, 1.165) is 65.5 Å². The normalized spacial score (nSPS) is 10.3. The lowest BCUT2D eigenvalue weighted by atomic mass is 10.0. The van der Waals surface area contributed by atoms with Crippen LogP contribution in [-0.2, 0) is 12.8 Å². The van der Waals surface area contributed by atoms with Crippen LogP contribution in [0.4, 0.5) is 39.8 Å². The minimum absolute atomic E-state index is 0.865. The fraction of sp³-hybridized carbons (Fsp3) is 0.0909. The first-order valence-electron chi connectivity index (χ1n) is 19.8. The molecule has 0 spiro atoms. The monoisotopic (exact) mass is 773 g/mol. The highest BCUT2D eigenvalue weighted by Gasteiger charge is 2.15. The fourth-order valence-electron chi connectivity index (χ4n) is 6.67. The van der Waals surface area contributed by atoms with Gasteiger partial charge in [0.25, 0.3) is 0 Å². The molecule has 0 aromatic heterocycles. The van der Waals surface area contributed by atoms with E-state index in [1.165, 1.54) is 22.3 Å². The number of aliphatic hydroxyl groups is 1. The van der Waals surface area contributed by atoms with Crippen LogP contribution >= 0.6 is 0 Å². The van der Waals surface area contributed by atoms with Crippen LogP contribution in [-0.4, -0.2) is 19.3 Å². The number of benzene rings is 7. The Morgan fingerprint density at radius 1 is 0.441 bits per heavy atom. The molecular formula is C55H55N3O. The van der Waals surface area contributed by atoms with Gasteiger partial charge in [0.2, 0.25) is 0 Å². The molecule has 0 atom stereocenters. The topological polar surface area (TPSA) is 30.0 Å². The van der Waals surface area contributed by atoms with Crippen LogP contribution in [0.2, 0.25) is 0 Å². The molecule has 0 aliphatic carbocycles. The minimum Gasteiger partial charge on any atom is -0.400 e. The zero-order valence-corrected chi connectivity index (χ0v) is 34.5. The Morgan fingerprint density at radius 2 is 0.729 bits per heavy atom. The molecule has 296 valence electrons. The summed E-state index contributed by atoms with van der Waals surface area (Å²) in [6, 6.07) is 66.3. The summed E-state index contributed by atoms with van der Waals surface area (Å²) in [7, 11) is 3.01. The summed E-state index contributed by atoms with van der Waals surface area (Å²) < 4.78 is 0. The zero-order chi connectivity index (χ0) is 41.8. The number of hydrogen-bond donors (Lipinski definition) is 1. The summed E-state index contributed by atoms with van der Waals surface area (Å²) in [5.74, 6) is 0. The summed E-state index contributed by atoms with van der Waals surface area (Å²) in [4.78, 5) is 6.64. The first kappa shape index (κ1) is 43.0. The second-order valence-electron chi connectivity index (χ2n) is 13.6. The maximum atomic E-state index is 7.00. The Kier molecular flexibility index (Phi) is 16.4. The molecule has 0 fully saturated rings. The second kappa shape index (κ2) is 22.6. The smallest absolute Gasteiger partial charge is 0.0462 e. The summed E-state index contributed by atoms with van der Waals surface area (Å²) in [6.45, 7) is 13.7. The Labute approximate surface area is 352 Å². The molecule has 0 saturated carbocycles. The van der Waals surface area contributed by atoms with Gasteiger partial charge in [-0.3, -0.25) is 0 Å². The summed E-state index contributed by atoms with van der Waals surface area (Å²) >= 11 is 0. The highest BCUT2D eigenvalue weighted by Crippen LogP contribution is 2.38. The summed E-state index contributed by atoms with van der Waals surface area (Å²) in [5.41, 5.74) is 13.7. The van der Waals surface area contributed by atoms with Crippen molar-refractivity contribution in [3.05, 3.63) is 249 Å². The molecule has 7 rings (SSSR count). The van der Waals surface area contributed by atoms with Gasteiger partial charge in [-0.1, -0.05) is 128 Å². The molecule has 59 heavy (non-hydrogen) atoms. The van der Waals surface area contributed by atoms with Crippen molar-refractivity contribution in [2.75, 3.05) is 28.9 Å². The maximum Gasteiger partial charge on any atom is 0.0462 e. The number of allylic oxidation sites excluding steroid dienone is 4. The number of anilines is 7. The van der Waals surface area contributed by atoms with Crippen LogP contribution in [0.1, 0.15) is 18.1 Å². The van der Waals surface area contributed by atoms with Gasteiger partial charge >= 0.3 is 0 Å². The SMILES string of the molecule is C=C(/C=C\C)N(C)c1ccccc1.C=CCc1ccc(N(c2ccccc2)c2ccc(-c3ccc(N(c4ccccc4)c4ccc(CC=C)cc4)cc3)cc2)cc1.CO. The van der Waals surface area contributed by atoms with Gasteiger partial charge in [0.05, 0.1) is 0 Å². The number of para-hydroxylation sites is 3. The number of likely N-dealkylation sites (N-methyl/N-ethyl adjacent to an activating group) is 1. The van der Waals surface area contributed by atoms with Gasteiger partial charge in [0.1, 0.15) is 0 Å². The molecule has 4 heteroatoms. The maximum absolute atomic E-state index is 7.00. The predicted octanol–water partition coefficient (Wildman–Crippen LogP) is 14.6. The highest BCUT2D eigenvalue weighted by molar-refractivity contribution is 5.80. The van der Waals surface area contributed by atoms with E-state index < -0.39 is 0 Å². The molecule has 0 heterocycles. The first-order valence-corrected chi connectivity index (χ1v) is 19.8. The lowest BCUT2D eigenvalue weighted by Gasteiger charge is -2.26. The molecule has 7 aromatic carbocycles.